The highest BCUT2D eigenvalue weighted by Crippen LogP contribution is 2.20. The molecule has 1 N–H and O–H groups in total. The molecule has 86 valence electrons. The van der Waals surface area contributed by atoms with Gasteiger partial charge in [0.25, 0.3) is 0 Å². The first-order valence-corrected chi connectivity index (χ1v) is 5.94. The first kappa shape index (κ1) is 10.9. The van der Waals surface area contributed by atoms with E-state index in [-0.39, 0.29) is 6.54 Å². The number of aliphatic carboxylic acids is 1. The predicted octanol–water partition coefficient (Wildman–Crippen LogP) is 0.631. The number of carbonyl (C=O) groups is 1. The summed E-state index contributed by atoms with van der Waals surface area (Å²) in [5.74, 6) is -0.699. The molecule has 0 radical (unpaired) electrons. The summed E-state index contributed by atoms with van der Waals surface area (Å²) >= 11 is 0. The molecule has 0 aromatic heterocycles. The molecule has 0 unspecified atom stereocenters. The number of rotatable bonds is 3. The van der Waals surface area contributed by atoms with Crippen LogP contribution in [0.25, 0.3) is 0 Å². The molecule has 0 atom stereocenters. The fourth-order valence-electron chi connectivity index (χ4n) is 2.74. The van der Waals surface area contributed by atoms with Gasteiger partial charge in [-0.1, -0.05) is 0 Å². The Morgan fingerprint density at radius 1 is 1.13 bits per heavy atom. The smallest absolute Gasteiger partial charge is 0.317 e. The summed E-state index contributed by atoms with van der Waals surface area (Å²) in [6.45, 7) is 4.63. The Morgan fingerprint density at radius 3 is 2.27 bits per heavy atom. The van der Waals surface area contributed by atoms with Gasteiger partial charge >= 0.3 is 5.97 Å². The molecule has 4 heteroatoms. The molecule has 2 fully saturated rings. The minimum Gasteiger partial charge on any atom is -0.480 e. The topological polar surface area (TPSA) is 43.8 Å². The van der Waals surface area contributed by atoms with E-state index in [1.807, 2.05) is 0 Å². The molecule has 4 nitrogen and oxygen atoms in total. The Balaban J connectivity index is 1.73. The van der Waals surface area contributed by atoms with Crippen molar-refractivity contribution in [3.63, 3.8) is 0 Å². The van der Waals surface area contributed by atoms with Gasteiger partial charge in [0.15, 0.2) is 0 Å². The largest absolute Gasteiger partial charge is 0.480 e. The molecule has 0 saturated carbocycles. The first-order chi connectivity index (χ1) is 7.25. The molecule has 0 aromatic rings. The van der Waals surface area contributed by atoms with E-state index in [1.165, 1.54) is 25.9 Å². The monoisotopic (exact) mass is 212 g/mol. The van der Waals surface area contributed by atoms with Crippen molar-refractivity contribution in [3.05, 3.63) is 0 Å². The van der Waals surface area contributed by atoms with Crippen molar-refractivity contribution < 1.29 is 9.90 Å². The van der Waals surface area contributed by atoms with Crippen molar-refractivity contribution in [2.45, 2.75) is 31.7 Å². The number of hydrogen-bond donors (Lipinski definition) is 1. The highest BCUT2D eigenvalue weighted by molar-refractivity contribution is 5.69. The zero-order chi connectivity index (χ0) is 10.7. The Labute approximate surface area is 90.9 Å². The number of nitrogens with zero attached hydrogens (tertiary/aromatic N) is 2. The molecule has 2 saturated heterocycles. The van der Waals surface area contributed by atoms with E-state index in [1.54, 1.807) is 0 Å². The summed E-state index contributed by atoms with van der Waals surface area (Å²) in [7, 11) is 0. The molecule has 15 heavy (non-hydrogen) atoms. The number of hydrogen-bond acceptors (Lipinski definition) is 3. The van der Waals surface area contributed by atoms with Crippen LogP contribution in [0.2, 0.25) is 0 Å². The van der Waals surface area contributed by atoms with Gasteiger partial charge < -0.3 is 10.0 Å². The Morgan fingerprint density at radius 2 is 1.73 bits per heavy atom. The van der Waals surface area contributed by atoms with E-state index in [4.69, 9.17) is 5.11 Å². The van der Waals surface area contributed by atoms with Crippen LogP contribution < -0.4 is 0 Å². The SMILES string of the molecule is O=C(O)CN1CCC(N2CCCC2)CC1. The predicted molar refractivity (Wildman–Crippen MR) is 57.9 cm³/mol. The third-order valence-electron chi connectivity index (χ3n) is 3.57. The van der Waals surface area contributed by atoms with Crippen LogP contribution >= 0.6 is 0 Å². The van der Waals surface area contributed by atoms with Crippen LogP contribution in [0, 0.1) is 0 Å². The van der Waals surface area contributed by atoms with Crippen LogP contribution in [0.4, 0.5) is 0 Å². The molecule has 0 aromatic carbocycles. The fraction of sp³-hybridized carbons (Fsp3) is 0.909. The van der Waals surface area contributed by atoms with Crippen LogP contribution in [0.3, 0.4) is 0 Å². The van der Waals surface area contributed by atoms with Crippen molar-refractivity contribution in [2.75, 3.05) is 32.7 Å². The molecule has 0 amide bonds. The van der Waals surface area contributed by atoms with Gasteiger partial charge in [0.1, 0.15) is 0 Å². The summed E-state index contributed by atoms with van der Waals surface area (Å²) in [5, 5.41) is 8.69. The average Bonchev–Trinajstić information content (AvgIpc) is 2.71. The van der Waals surface area contributed by atoms with E-state index in [9.17, 15) is 4.79 Å². The maximum Gasteiger partial charge on any atom is 0.317 e. The van der Waals surface area contributed by atoms with E-state index >= 15 is 0 Å². The van der Waals surface area contributed by atoms with E-state index < -0.39 is 5.97 Å². The minimum atomic E-state index is -0.699. The number of likely N-dealkylation sites (tertiary alicyclic amines) is 2. The third kappa shape index (κ3) is 2.92. The molecular weight excluding hydrogens is 192 g/mol. The minimum absolute atomic E-state index is 0.215. The van der Waals surface area contributed by atoms with Crippen LogP contribution in [-0.2, 0) is 4.79 Å². The van der Waals surface area contributed by atoms with Crippen LogP contribution in [0.1, 0.15) is 25.7 Å². The van der Waals surface area contributed by atoms with Crippen molar-refractivity contribution in [2.24, 2.45) is 0 Å². The Bertz CT molecular complexity index is 219. The summed E-state index contributed by atoms with van der Waals surface area (Å²) in [6.07, 6.45) is 4.98. The van der Waals surface area contributed by atoms with E-state index in [0.717, 1.165) is 32.0 Å². The molecule has 2 aliphatic heterocycles. The lowest BCUT2D eigenvalue weighted by Crippen LogP contribution is -2.45. The highest BCUT2D eigenvalue weighted by Gasteiger charge is 2.26. The van der Waals surface area contributed by atoms with Crippen molar-refractivity contribution in [1.29, 1.82) is 0 Å². The third-order valence-corrected chi connectivity index (χ3v) is 3.57. The lowest BCUT2D eigenvalue weighted by molar-refractivity contribution is -0.138. The van der Waals surface area contributed by atoms with Crippen LogP contribution in [0.15, 0.2) is 0 Å². The second-order valence-corrected chi connectivity index (χ2v) is 4.64. The lowest BCUT2D eigenvalue weighted by Gasteiger charge is -2.35. The van der Waals surface area contributed by atoms with Crippen LogP contribution in [0.5, 0.6) is 0 Å². The van der Waals surface area contributed by atoms with Crippen molar-refractivity contribution in [3.8, 4) is 0 Å². The van der Waals surface area contributed by atoms with Gasteiger partial charge in [0.05, 0.1) is 6.54 Å². The fourth-order valence-corrected chi connectivity index (χ4v) is 2.74. The van der Waals surface area contributed by atoms with Gasteiger partial charge in [0, 0.05) is 19.1 Å². The van der Waals surface area contributed by atoms with Gasteiger partial charge in [-0.05, 0) is 38.8 Å². The summed E-state index contributed by atoms with van der Waals surface area (Å²) in [4.78, 5) is 15.2. The van der Waals surface area contributed by atoms with Gasteiger partial charge in [-0.15, -0.1) is 0 Å². The Kier molecular flexibility index (Phi) is 3.59. The number of carboxylic acid groups (broad SMARTS) is 1. The average molecular weight is 212 g/mol. The van der Waals surface area contributed by atoms with Gasteiger partial charge in [-0.2, -0.15) is 0 Å². The zero-order valence-electron chi connectivity index (χ0n) is 9.19. The molecule has 0 spiro atoms. The lowest BCUT2D eigenvalue weighted by atomic mass is 10.0. The van der Waals surface area contributed by atoms with Crippen LogP contribution in [-0.4, -0.2) is 59.6 Å². The van der Waals surface area contributed by atoms with Gasteiger partial charge in [-0.3, -0.25) is 9.69 Å². The second kappa shape index (κ2) is 4.94. The molecule has 2 aliphatic rings. The molecule has 2 rings (SSSR count). The normalized spacial score (nSPS) is 25.9. The standard InChI is InChI=1S/C11H20N2O2/c14-11(15)9-12-7-3-10(4-8-12)13-5-1-2-6-13/h10H,1-9H2,(H,14,15). The van der Waals surface area contributed by atoms with Gasteiger partial charge in [0.2, 0.25) is 0 Å². The van der Waals surface area contributed by atoms with Gasteiger partial charge in [-0.25, -0.2) is 0 Å². The Hall–Kier alpha value is -0.610. The molecule has 0 bridgehead atoms. The number of piperidine rings is 1. The molecule has 2 heterocycles. The molecular formula is C11H20N2O2. The second-order valence-electron chi connectivity index (χ2n) is 4.64. The summed E-state index contributed by atoms with van der Waals surface area (Å²) in [5.41, 5.74) is 0. The van der Waals surface area contributed by atoms with E-state index in [2.05, 4.69) is 9.80 Å². The van der Waals surface area contributed by atoms with Crippen molar-refractivity contribution in [1.82, 2.24) is 9.80 Å². The maximum absolute atomic E-state index is 10.6. The van der Waals surface area contributed by atoms with Crippen molar-refractivity contribution >= 4 is 5.97 Å². The summed E-state index contributed by atoms with van der Waals surface area (Å²) in [6, 6.07) is 0.720. The van der Waals surface area contributed by atoms with E-state index in [0.29, 0.717) is 0 Å². The number of carboxylic acids is 1. The maximum atomic E-state index is 10.6. The first-order valence-electron chi connectivity index (χ1n) is 5.94. The highest BCUT2D eigenvalue weighted by atomic mass is 16.4. The summed E-state index contributed by atoms with van der Waals surface area (Å²) < 4.78 is 0. The quantitative estimate of drug-likeness (QED) is 0.745. The molecule has 0 aliphatic carbocycles. The zero-order valence-corrected chi connectivity index (χ0v) is 9.19.